The van der Waals surface area contributed by atoms with E-state index in [1.807, 2.05) is 18.4 Å². The number of fused-ring (bicyclic) bond motifs is 1. The van der Waals surface area contributed by atoms with Crippen LogP contribution >= 0.6 is 11.8 Å². The number of thioether (sulfide) groups is 1. The second kappa shape index (κ2) is 6.31. The molecule has 7 heteroatoms. The van der Waals surface area contributed by atoms with Gasteiger partial charge < -0.3 is 5.11 Å². The van der Waals surface area contributed by atoms with Crippen LogP contribution in [0.25, 0.3) is 10.9 Å². The molecule has 0 spiro atoms. The third kappa shape index (κ3) is 3.94. The van der Waals surface area contributed by atoms with Crippen molar-refractivity contribution in [2.45, 2.75) is 17.4 Å². The maximum absolute atomic E-state index is 12.4. The fourth-order valence-corrected chi connectivity index (χ4v) is 4.05. The topological polar surface area (TPSA) is 79.3 Å². The third-order valence-electron chi connectivity index (χ3n) is 2.98. The van der Waals surface area contributed by atoms with E-state index in [-0.39, 0.29) is 11.4 Å². The average Bonchev–Trinajstić information content (AvgIpc) is 2.45. The number of nitrogens with zero attached hydrogens (tertiary/aromatic N) is 1. The Bertz CT molecular complexity index is 725. The van der Waals surface area contributed by atoms with Crippen LogP contribution in [-0.4, -0.2) is 42.7 Å². The number of hydrogen-bond donors (Lipinski definition) is 2. The molecule has 0 saturated carbocycles. The molecular weight excluding hydrogens is 308 g/mol. The maximum atomic E-state index is 12.4. The van der Waals surface area contributed by atoms with E-state index in [2.05, 4.69) is 9.71 Å². The van der Waals surface area contributed by atoms with Gasteiger partial charge in [0, 0.05) is 23.9 Å². The van der Waals surface area contributed by atoms with Crippen LogP contribution < -0.4 is 4.72 Å². The Labute approximate surface area is 128 Å². The Kier molecular flexibility index (Phi) is 4.88. The maximum Gasteiger partial charge on any atom is 0.242 e. The summed E-state index contributed by atoms with van der Waals surface area (Å²) in [5.74, 6) is 0.448. The van der Waals surface area contributed by atoms with Gasteiger partial charge in [0.05, 0.1) is 11.1 Å². The molecule has 0 unspecified atom stereocenters. The summed E-state index contributed by atoms with van der Waals surface area (Å²) >= 11 is 1.46. The highest BCUT2D eigenvalue weighted by molar-refractivity contribution is 7.98. The molecule has 5 nitrogen and oxygen atoms in total. The van der Waals surface area contributed by atoms with Crippen LogP contribution in [0, 0.1) is 0 Å². The van der Waals surface area contributed by atoms with E-state index in [0.717, 1.165) is 5.39 Å². The predicted octanol–water partition coefficient (Wildman–Crippen LogP) is 1.63. The van der Waals surface area contributed by atoms with Crippen molar-refractivity contribution >= 4 is 32.7 Å². The lowest BCUT2D eigenvalue weighted by Gasteiger charge is -2.22. The van der Waals surface area contributed by atoms with Gasteiger partial charge in [0.25, 0.3) is 0 Å². The number of nitrogens with one attached hydrogen (secondary N) is 1. The van der Waals surface area contributed by atoms with Gasteiger partial charge in [0.1, 0.15) is 4.90 Å². The first-order valence-corrected chi connectivity index (χ1v) is 9.28. The van der Waals surface area contributed by atoms with Crippen LogP contribution in [0.2, 0.25) is 0 Å². The molecule has 0 fully saturated rings. The summed E-state index contributed by atoms with van der Waals surface area (Å²) in [6.45, 7) is 1.56. The lowest BCUT2D eigenvalue weighted by Crippen LogP contribution is -2.42. The van der Waals surface area contributed by atoms with Crippen molar-refractivity contribution in [3.8, 4) is 0 Å². The summed E-state index contributed by atoms with van der Waals surface area (Å²) in [6.07, 6.45) is 3.42. The molecule has 1 aromatic carbocycles. The van der Waals surface area contributed by atoms with E-state index < -0.39 is 15.6 Å². The minimum Gasteiger partial charge on any atom is -0.388 e. The Morgan fingerprint density at radius 3 is 2.76 bits per heavy atom. The van der Waals surface area contributed by atoms with Crippen LogP contribution in [0.1, 0.15) is 6.92 Å². The van der Waals surface area contributed by atoms with Crippen LogP contribution in [-0.2, 0) is 10.0 Å². The Morgan fingerprint density at radius 1 is 1.33 bits per heavy atom. The second-order valence-corrected chi connectivity index (χ2v) is 7.69. The second-order valence-electron chi connectivity index (χ2n) is 5.09. The molecule has 1 atom stereocenters. The molecular formula is C14H18N2O3S2. The fourth-order valence-electron chi connectivity index (χ4n) is 1.98. The fraction of sp³-hybridized carbons (Fsp3) is 0.357. The molecule has 114 valence electrons. The SMILES string of the molecule is CSC[C@@](C)(O)CNS(=O)(=O)c1cccc2cccnc12. The van der Waals surface area contributed by atoms with E-state index in [4.69, 9.17) is 0 Å². The van der Waals surface area contributed by atoms with Crippen LogP contribution in [0.3, 0.4) is 0 Å². The lowest BCUT2D eigenvalue weighted by molar-refractivity contribution is 0.0909. The largest absolute Gasteiger partial charge is 0.388 e. The summed E-state index contributed by atoms with van der Waals surface area (Å²) in [4.78, 5) is 4.27. The van der Waals surface area contributed by atoms with Crippen molar-refractivity contribution in [1.29, 1.82) is 0 Å². The minimum absolute atomic E-state index is 0.0423. The predicted molar refractivity (Wildman–Crippen MR) is 85.9 cm³/mol. The zero-order valence-electron chi connectivity index (χ0n) is 11.9. The summed E-state index contributed by atoms with van der Waals surface area (Å²) in [7, 11) is -3.72. The van der Waals surface area contributed by atoms with Gasteiger partial charge in [0.15, 0.2) is 0 Å². The molecule has 1 heterocycles. The zero-order valence-corrected chi connectivity index (χ0v) is 13.5. The average molecular weight is 326 g/mol. The summed E-state index contributed by atoms with van der Waals surface area (Å²) in [6, 6.07) is 8.57. The molecule has 0 bridgehead atoms. The molecule has 0 aliphatic rings. The number of pyridine rings is 1. The van der Waals surface area contributed by atoms with Gasteiger partial charge in [-0.2, -0.15) is 11.8 Å². The zero-order chi connectivity index (χ0) is 15.5. The van der Waals surface area contributed by atoms with E-state index in [9.17, 15) is 13.5 Å². The smallest absolute Gasteiger partial charge is 0.242 e. The quantitative estimate of drug-likeness (QED) is 0.843. The summed E-state index contributed by atoms with van der Waals surface area (Å²) in [5, 5.41) is 10.8. The van der Waals surface area contributed by atoms with Crippen molar-refractivity contribution in [3.63, 3.8) is 0 Å². The van der Waals surface area contributed by atoms with Gasteiger partial charge in [0.2, 0.25) is 10.0 Å². The van der Waals surface area contributed by atoms with Gasteiger partial charge in [-0.15, -0.1) is 0 Å². The molecule has 0 aliphatic heterocycles. The number of aromatic nitrogens is 1. The number of aliphatic hydroxyl groups is 1. The number of benzene rings is 1. The van der Waals surface area contributed by atoms with E-state index in [0.29, 0.717) is 11.3 Å². The number of sulfonamides is 1. The van der Waals surface area contributed by atoms with Gasteiger partial charge in [-0.1, -0.05) is 18.2 Å². The molecule has 2 N–H and O–H groups in total. The molecule has 2 rings (SSSR count). The molecule has 0 aliphatic carbocycles. The van der Waals surface area contributed by atoms with Gasteiger partial charge in [-0.3, -0.25) is 4.98 Å². The summed E-state index contributed by atoms with van der Waals surface area (Å²) in [5.41, 5.74) is -0.665. The number of hydrogen-bond acceptors (Lipinski definition) is 5. The van der Waals surface area contributed by atoms with E-state index in [1.165, 1.54) is 17.8 Å². The van der Waals surface area contributed by atoms with Crippen molar-refractivity contribution in [3.05, 3.63) is 36.5 Å². The van der Waals surface area contributed by atoms with E-state index >= 15 is 0 Å². The van der Waals surface area contributed by atoms with Crippen LogP contribution in [0.4, 0.5) is 0 Å². The molecule has 2 aromatic rings. The van der Waals surface area contributed by atoms with Crippen LogP contribution in [0.5, 0.6) is 0 Å². The third-order valence-corrected chi connectivity index (χ3v) is 5.33. The van der Waals surface area contributed by atoms with Crippen molar-refractivity contribution in [1.82, 2.24) is 9.71 Å². The number of rotatable bonds is 6. The molecule has 0 amide bonds. The van der Waals surface area contributed by atoms with Crippen molar-refractivity contribution < 1.29 is 13.5 Å². The minimum atomic E-state index is -3.72. The highest BCUT2D eigenvalue weighted by Crippen LogP contribution is 2.21. The standard InChI is InChI=1S/C14H18N2O3S2/c1-14(17,10-20-2)9-16-21(18,19)12-7-3-5-11-6-4-8-15-13(11)12/h3-8,16-17H,9-10H2,1-2H3/t14-/m0/s1. The number of para-hydroxylation sites is 1. The molecule has 0 saturated heterocycles. The van der Waals surface area contributed by atoms with Gasteiger partial charge in [-0.05, 0) is 25.3 Å². The normalized spacial score (nSPS) is 15.0. The lowest BCUT2D eigenvalue weighted by atomic mass is 10.1. The first-order chi connectivity index (χ1) is 9.86. The van der Waals surface area contributed by atoms with E-state index in [1.54, 1.807) is 25.3 Å². The first-order valence-electron chi connectivity index (χ1n) is 6.40. The highest BCUT2D eigenvalue weighted by Gasteiger charge is 2.25. The van der Waals surface area contributed by atoms with Gasteiger partial charge >= 0.3 is 0 Å². The van der Waals surface area contributed by atoms with Crippen molar-refractivity contribution in [2.24, 2.45) is 0 Å². The van der Waals surface area contributed by atoms with Gasteiger partial charge in [-0.25, -0.2) is 13.1 Å². The molecule has 21 heavy (non-hydrogen) atoms. The summed E-state index contributed by atoms with van der Waals surface area (Å²) < 4.78 is 27.3. The highest BCUT2D eigenvalue weighted by atomic mass is 32.2. The Morgan fingerprint density at radius 2 is 2.05 bits per heavy atom. The monoisotopic (exact) mass is 326 g/mol. The van der Waals surface area contributed by atoms with Crippen LogP contribution in [0.15, 0.2) is 41.4 Å². The molecule has 1 aromatic heterocycles. The Balaban J connectivity index is 2.30. The first kappa shape index (κ1) is 16.2. The molecule has 0 radical (unpaired) electrons. The Hall–Kier alpha value is -1.15. The van der Waals surface area contributed by atoms with Crippen molar-refractivity contribution in [2.75, 3.05) is 18.6 Å².